The predicted molar refractivity (Wildman–Crippen MR) is 91.0 cm³/mol. The summed E-state index contributed by atoms with van der Waals surface area (Å²) in [7, 11) is 0. The standard InChI is InChI=1S/C16H31N3S/c1-8-10-17-11-13-14(16(5,6)7)18-15(20-13)19(9-2)12(3)4/h12,17H,8-11H2,1-7H3. The quantitative estimate of drug-likeness (QED) is 0.765. The maximum Gasteiger partial charge on any atom is 0.186 e. The second-order valence-corrected chi connectivity index (χ2v) is 7.64. The SMILES string of the molecule is CCCNCc1sc(N(CC)C(C)C)nc1C(C)(C)C. The fraction of sp³-hybridized carbons (Fsp3) is 0.812. The summed E-state index contributed by atoms with van der Waals surface area (Å²) in [5.41, 5.74) is 1.36. The molecule has 0 aliphatic heterocycles. The number of nitrogens with zero attached hydrogens (tertiary/aromatic N) is 2. The largest absolute Gasteiger partial charge is 0.346 e. The number of hydrogen-bond donors (Lipinski definition) is 1. The van der Waals surface area contributed by atoms with Gasteiger partial charge in [-0.1, -0.05) is 27.7 Å². The molecule has 0 saturated heterocycles. The van der Waals surface area contributed by atoms with Gasteiger partial charge in [0, 0.05) is 29.4 Å². The highest BCUT2D eigenvalue weighted by atomic mass is 32.1. The first-order chi connectivity index (χ1) is 9.31. The summed E-state index contributed by atoms with van der Waals surface area (Å²) in [4.78, 5) is 8.72. The summed E-state index contributed by atoms with van der Waals surface area (Å²) in [6.07, 6.45) is 1.17. The Morgan fingerprint density at radius 3 is 2.35 bits per heavy atom. The van der Waals surface area contributed by atoms with E-state index in [1.807, 2.05) is 11.3 Å². The first kappa shape index (κ1) is 17.4. The van der Waals surface area contributed by atoms with Crippen LogP contribution in [0.3, 0.4) is 0 Å². The van der Waals surface area contributed by atoms with Crippen molar-refractivity contribution in [2.24, 2.45) is 0 Å². The lowest BCUT2D eigenvalue weighted by molar-refractivity contribution is 0.557. The number of hydrogen-bond acceptors (Lipinski definition) is 4. The van der Waals surface area contributed by atoms with Gasteiger partial charge in [0.2, 0.25) is 0 Å². The average molecular weight is 298 g/mol. The van der Waals surface area contributed by atoms with E-state index in [0.29, 0.717) is 6.04 Å². The Balaban J connectivity index is 3.05. The summed E-state index contributed by atoms with van der Waals surface area (Å²) >= 11 is 1.85. The van der Waals surface area contributed by atoms with Crippen molar-refractivity contribution in [3.05, 3.63) is 10.6 Å². The summed E-state index contributed by atoms with van der Waals surface area (Å²) in [5.74, 6) is 0. The molecule has 116 valence electrons. The van der Waals surface area contributed by atoms with Gasteiger partial charge in [0.25, 0.3) is 0 Å². The van der Waals surface area contributed by atoms with Gasteiger partial charge in [-0.3, -0.25) is 0 Å². The maximum absolute atomic E-state index is 4.96. The molecular formula is C16H31N3S. The number of thiazole rings is 1. The van der Waals surface area contributed by atoms with E-state index in [4.69, 9.17) is 4.98 Å². The zero-order valence-electron chi connectivity index (χ0n) is 14.2. The monoisotopic (exact) mass is 297 g/mol. The zero-order valence-corrected chi connectivity index (χ0v) is 15.0. The lowest BCUT2D eigenvalue weighted by atomic mass is 9.91. The topological polar surface area (TPSA) is 28.2 Å². The molecule has 0 unspecified atom stereocenters. The Labute approximate surface area is 128 Å². The van der Waals surface area contributed by atoms with Crippen LogP contribution in [0.1, 0.15) is 65.5 Å². The molecule has 0 amide bonds. The minimum Gasteiger partial charge on any atom is -0.346 e. The maximum atomic E-state index is 4.96. The van der Waals surface area contributed by atoms with Crippen LogP contribution >= 0.6 is 11.3 Å². The van der Waals surface area contributed by atoms with Gasteiger partial charge in [0.1, 0.15) is 0 Å². The zero-order chi connectivity index (χ0) is 15.3. The number of rotatable bonds is 7. The van der Waals surface area contributed by atoms with Crippen molar-refractivity contribution in [2.45, 2.75) is 72.9 Å². The van der Waals surface area contributed by atoms with E-state index in [9.17, 15) is 0 Å². The first-order valence-electron chi connectivity index (χ1n) is 7.78. The van der Waals surface area contributed by atoms with E-state index in [-0.39, 0.29) is 5.41 Å². The Morgan fingerprint density at radius 2 is 1.90 bits per heavy atom. The van der Waals surface area contributed by atoms with Crippen LogP contribution in [0.2, 0.25) is 0 Å². The number of nitrogens with one attached hydrogen (secondary N) is 1. The van der Waals surface area contributed by atoms with E-state index in [0.717, 1.165) is 19.6 Å². The first-order valence-corrected chi connectivity index (χ1v) is 8.60. The van der Waals surface area contributed by atoms with E-state index >= 15 is 0 Å². The van der Waals surface area contributed by atoms with Crippen molar-refractivity contribution >= 4 is 16.5 Å². The molecule has 20 heavy (non-hydrogen) atoms. The van der Waals surface area contributed by atoms with Crippen LogP contribution in [0.25, 0.3) is 0 Å². The van der Waals surface area contributed by atoms with Crippen LogP contribution in [0.5, 0.6) is 0 Å². The van der Waals surface area contributed by atoms with E-state index in [1.165, 1.54) is 22.1 Å². The van der Waals surface area contributed by atoms with Gasteiger partial charge in [-0.25, -0.2) is 4.98 Å². The van der Waals surface area contributed by atoms with Gasteiger partial charge < -0.3 is 10.2 Å². The van der Waals surface area contributed by atoms with Crippen molar-refractivity contribution in [2.75, 3.05) is 18.0 Å². The lowest BCUT2D eigenvalue weighted by Gasteiger charge is -2.24. The molecule has 1 aromatic rings. The van der Waals surface area contributed by atoms with Crippen molar-refractivity contribution in [1.82, 2.24) is 10.3 Å². The van der Waals surface area contributed by atoms with E-state index < -0.39 is 0 Å². The Bertz CT molecular complexity index is 404. The molecule has 0 aliphatic rings. The second kappa shape index (κ2) is 7.41. The molecule has 1 N–H and O–H groups in total. The molecule has 3 nitrogen and oxygen atoms in total. The lowest BCUT2D eigenvalue weighted by Crippen LogP contribution is -2.30. The predicted octanol–water partition coefficient (Wildman–Crippen LogP) is 4.17. The van der Waals surface area contributed by atoms with Crippen LogP contribution in [0, 0.1) is 0 Å². The average Bonchev–Trinajstić information content (AvgIpc) is 2.73. The van der Waals surface area contributed by atoms with Crippen molar-refractivity contribution in [3.63, 3.8) is 0 Å². The number of anilines is 1. The molecular weight excluding hydrogens is 266 g/mol. The van der Waals surface area contributed by atoms with Crippen LogP contribution in [0.4, 0.5) is 5.13 Å². The minimum atomic E-state index is 0.106. The molecule has 0 saturated carbocycles. The minimum absolute atomic E-state index is 0.106. The normalized spacial score (nSPS) is 12.2. The van der Waals surface area contributed by atoms with Gasteiger partial charge in [-0.15, -0.1) is 11.3 Å². The van der Waals surface area contributed by atoms with Crippen LogP contribution < -0.4 is 10.2 Å². The molecule has 0 bridgehead atoms. The van der Waals surface area contributed by atoms with Crippen LogP contribution in [0.15, 0.2) is 0 Å². The fourth-order valence-corrected chi connectivity index (χ4v) is 3.71. The Morgan fingerprint density at radius 1 is 1.25 bits per heavy atom. The molecule has 0 fully saturated rings. The van der Waals surface area contributed by atoms with Crippen molar-refractivity contribution in [1.29, 1.82) is 0 Å². The van der Waals surface area contributed by atoms with Gasteiger partial charge >= 0.3 is 0 Å². The van der Waals surface area contributed by atoms with Crippen molar-refractivity contribution in [3.8, 4) is 0 Å². The third-order valence-electron chi connectivity index (χ3n) is 3.32. The third kappa shape index (κ3) is 4.45. The molecule has 0 atom stereocenters. The molecule has 1 heterocycles. The van der Waals surface area contributed by atoms with Crippen LogP contribution in [-0.2, 0) is 12.0 Å². The highest BCUT2D eigenvalue weighted by Crippen LogP contribution is 2.34. The second-order valence-electron chi connectivity index (χ2n) is 6.57. The smallest absolute Gasteiger partial charge is 0.186 e. The molecule has 0 spiro atoms. The highest BCUT2D eigenvalue weighted by Gasteiger charge is 2.25. The molecule has 1 aromatic heterocycles. The Hall–Kier alpha value is -0.610. The van der Waals surface area contributed by atoms with Gasteiger partial charge in [0.05, 0.1) is 5.69 Å². The summed E-state index contributed by atoms with van der Waals surface area (Å²) in [6.45, 7) is 18.6. The van der Waals surface area contributed by atoms with Crippen molar-refractivity contribution < 1.29 is 0 Å². The molecule has 0 aromatic carbocycles. The summed E-state index contributed by atoms with van der Waals surface area (Å²) < 4.78 is 0. The highest BCUT2D eigenvalue weighted by molar-refractivity contribution is 7.15. The summed E-state index contributed by atoms with van der Waals surface area (Å²) in [5, 5.41) is 4.68. The van der Waals surface area contributed by atoms with E-state index in [2.05, 4.69) is 58.7 Å². The van der Waals surface area contributed by atoms with Gasteiger partial charge in [0.15, 0.2) is 5.13 Å². The molecule has 0 aliphatic carbocycles. The van der Waals surface area contributed by atoms with Gasteiger partial charge in [-0.2, -0.15) is 0 Å². The van der Waals surface area contributed by atoms with Gasteiger partial charge in [-0.05, 0) is 33.7 Å². The van der Waals surface area contributed by atoms with Crippen LogP contribution in [-0.4, -0.2) is 24.1 Å². The molecule has 1 rings (SSSR count). The third-order valence-corrected chi connectivity index (χ3v) is 4.41. The molecule has 0 radical (unpaired) electrons. The molecule has 4 heteroatoms. The summed E-state index contributed by atoms with van der Waals surface area (Å²) in [6, 6.07) is 0.496. The fourth-order valence-electron chi connectivity index (χ4n) is 2.27. The number of aromatic nitrogens is 1. The van der Waals surface area contributed by atoms with E-state index in [1.54, 1.807) is 0 Å². The Kier molecular flexibility index (Phi) is 6.46.